The van der Waals surface area contributed by atoms with E-state index in [1.165, 1.54) is 18.2 Å². The minimum atomic E-state index is -1.32. The van der Waals surface area contributed by atoms with Gasteiger partial charge in [-0.05, 0) is 17.7 Å². The van der Waals surface area contributed by atoms with E-state index in [2.05, 4.69) is 0 Å². The van der Waals surface area contributed by atoms with E-state index in [1.807, 2.05) is 30.3 Å². The average molecular weight is 446 g/mol. The maximum atomic E-state index is 11.3. The Morgan fingerprint density at radius 3 is 1.59 bits per heavy atom. The molecule has 2 aromatic rings. The molecule has 11 nitrogen and oxygen atoms in total. The Morgan fingerprint density at radius 2 is 1.12 bits per heavy atom. The predicted octanol–water partition coefficient (Wildman–Crippen LogP) is 1.22. The van der Waals surface area contributed by atoms with Crippen molar-refractivity contribution in [3.8, 4) is 5.75 Å². The van der Waals surface area contributed by atoms with Crippen LogP contribution in [0, 0.1) is 0 Å². The Hall–Kier alpha value is -4.28. The van der Waals surface area contributed by atoms with Gasteiger partial charge in [-0.25, -0.2) is 0 Å². The van der Waals surface area contributed by atoms with E-state index in [-0.39, 0.29) is 23.7 Å². The molecule has 4 N–H and O–H groups in total. The molecule has 0 heterocycles. The van der Waals surface area contributed by atoms with Gasteiger partial charge in [0.15, 0.2) is 0 Å². The molecule has 0 atom stereocenters. The van der Waals surface area contributed by atoms with Crippen LogP contribution in [0.4, 0.5) is 11.4 Å². The van der Waals surface area contributed by atoms with Gasteiger partial charge in [-0.3, -0.25) is 19.2 Å². The largest absolute Gasteiger partial charge is 0.489 e. The van der Waals surface area contributed by atoms with Gasteiger partial charge in [0.05, 0.1) is 11.4 Å². The molecule has 2 rings (SSSR count). The highest BCUT2D eigenvalue weighted by molar-refractivity contribution is 5.87. The molecule has 0 saturated heterocycles. The standard InChI is InChI=1S/C21H22N2O9/c24-18(25)9-22(10-19(26)27)16-7-6-15(32-13-14-4-2-1-3-5-14)8-17(16)23(11-20(28)29)12-21(30)31/h1-8H,9-13H2,(H,24,25)(H,26,27)(H,28,29)(H,30,31). The third-order valence-corrected chi connectivity index (χ3v) is 4.18. The van der Waals surface area contributed by atoms with E-state index in [4.69, 9.17) is 4.74 Å². The average Bonchev–Trinajstić information content (AvgIpc) is 2.70. The van der Waals surface area contributed by atoms with Crippen LogP contribution in [0.15, 0.2) is 48.5 Å². The van der Waals surface area contributed by atoms with Crippen LogP contribution in [0.2, 0.25) is 0 Å². The molecular weight excluding hydrogens is 424 g/mol. The molecule has 0 bridgehead atoms. The Kier molecular flexibility index (Phi) is 8.40. The number of carbonyl (C=O) groups is 4. The van der Waals surface area contributed by atoms with E-state index in [0.717, 1.165) is 15.4 Å². The molecule has 32 heavy (non-hydrogen) atoms. The molecule has 0 radical (unpaired) electrons. The predicted molar refractivity (Wildman–Crippen MR) is 112 cm³/mol. The zero-order valence-corrected chi connectivity index (χ0v) is 16.9. The summed E-state index contributed by atoms with van der Waals surface area (Å²) in [6, 6.07) is 13.4. The van der Waals surface area contributed by atoms with Gasteiger partial charge in [0.1, 0.15) is 38.5 Å². The van der Waals surface area contributed by atoms with Crippen LogP contribution in [-0.4, -0.2) is 70.5 Å². The molecule has 0 saturated carbocycles. The molecule has 2 aromatic carbocycles. The number of nitrogens with zero attached hydrogens (tertiary/aromatic N) is 2. The number of hydrogen-bond donors (Lipinski definition) is 4. The Labute approximate surface area is 182 Å². The number of carboxylic acids is 4. The van der Waals surface area contributed by atoms with Crippen molar-refractivity contribution >= 4 is 35.3 Å². The highest BCUT2D eigenvalue weighted by Gasteiger charge is 2.24. The summed E-state index contributed by atoms with van der Waals surface area (Å²) in [4.78, 5) is 47.2. The number of hydrogen-bond acceptors (Lipinski definition) is 7. The topological polar surface area (TPSA) is 165 Å². The highest BCUT2D eigenvalue weighted by Crippen LogP contribution is 2.34. The minimum Gasteiger partial charge on any atom is -0.489 e. The SMILES string of the molecule is O=C(O)CN(CC(=O)O)c1ccc(OCc2ccccc2)cc1N(CC(=O)O)CC(=O)O. The van der Waals surface area contributed by atoms with Crippen molar-refractivity contribution in [1.29, 1.82) is 0 Å². The fraction of sp³-hybridized carbons (Fsp3) is 0.238. The molecule has 0 aliphatic heterocycles. The molecule has 0 aliphatic rings. The van der Waals surface area contributed by atoms with Crippen molar-refractivity contribution in [3.05, 3.63) is 54.1 Å². The van der Waals surface area contributed by atoms with Crippen molar-refractivity contribution in [2.45, 2.75) is 6.61 Å². The van der Waals surface area contributed by atoms with E-state index >= 15 is 0 Å². The maximum Gasteiger partial charge on any atom is 0.323 e. The Bertz CT molecular complexity index is 946. The van der Waals surface area contributed by atoms with Crippen molar-refractivity contribution in [2.24, 2.45) is 0 Å². The fourth-order valence-electron chi connectivity index (χ4n) is 2.96. The summed E-state index contributed by atoms with van der Waals surface area (Å²) >= 11 is 0. The van der Waals surface area contributed by atoms with Gasteiger partial charge in [-0.15, -0.1) is 0 Å². The molecule has 0 aromatic heterocycles. The zero-order valence-electron chi connectivity index (χ0n) is 16.9. The van der Waals surface area contributed by atoms with Crippen molar-refractivity contribution in [2.75, 3.05) is 36.0 Å². The second-order valence-electron chi connectivity index (χ2n) is 6.71. The molecule has 0 spiro atoms. The van der Waals surface area contributed by atoms with Gasteiger partial charge < -0.3 is 35.0 Å². The summed E-state index contributed by atoms with van der Waals surface area (Å²) in [5.74, 6) is -5.01. The number of aliphatic carboxylic acids is 4. The van der Waals surface area contributed by atoms with Gasteiger partial charge in [-0.1, -0.05) is 30.3 Å². The molecule has 170 valence electrons. The third-order valence-electron chi connectivity index (χ3n) is 4.18. The molecule has 0 unspecified atom stereocenters. The van der Waals surface area contributed by atoms with E-state index in [9.17, 15) is 39.6 Å². The molecule has 0 amide bonds. The molecular formula is C21H22N2O9. The van der Waals surface area contributed by atoms with Crippen LogP contribution < -0.4 is 14.5 Å². The minimum absolute atomic E-state index is 0.0165. The lowest BCUT2D eigenvalue weighted by molar-refractivity contribution is -0.138. The van der Waals surface area contributed by atoms with Crippen LogP contribution in [0.3, 0.4) is 0 Å². The second-order valence-corrected chi connectivity index (χ2v) is 6.71. The van der Waals surface area contributed by atoms with Gasteiger partial charge >= 0.3 is 23.9 Å². The number of carboxylic acid groups (broad SMARTS) is 4. The van der Waals surface area contributed by atoms with Gasteiger partial charge in [0.25, 0.3) is 0 Å². The number of ether oxygens (including phenoxy) is 1. The van der Waals surface area contributed by atoms with Gasteiger partial charge in [0.2, 0.25) is 0 Å². The lowest BCUT2D eigenvalue weighted by Crippen LogP contribution is -2.39. The first-order valence-corrected chi connectivity index (χ1v) is 9.33. The summed E-state index contributed by atoms with van der Waals surface area (Å²) in [6.45, 7) is -2.65. The summed E-state index contributed by atoms with van der Waals surface area (Å²) in [5.41, 5.74) is 0.914. The Morgan fingerprint density at radius 1 is 0.656 bits per heavy atom. The lowest BCUT2D eigenvalue weighted by atomic mass is 10.2. The summed E-state index contributed by atoms with van der Waals surface area (Å²) in [6.07, 6.45) is 0. The van der Waals surface area contributed by atoms with E-state index in [0.29, 0.717) is 0 Å². The third kappa shape index (κ3) is 7.52. The second kappa shape index (κ2) is 11.2. The van der Waals surface area contributed by atoms with Crippen LogP contribution >= 0.6 is 0 Å². The molecule has 0 fully saturated rings. The summed E-state index contributed by atoms with van der Waals surface area (Å²) < 4.78 is 5.72. The zero-order chi connectivity index (χ0) is 23.7. The first-order valence-electron chi connectivity index (χ1n) is 9.33. The number of anilines is 2. The monoisotopic (exact) mass is 446 g/mol. The number of benzene rings is 2. The smallest absolute Gasteiger partial charge is 0.323 e. The van der Waals surface area contributed by atoms with Gasteiger partial charge in [-0.2, -0.15) is 0 Å². The highest BCUT2D eigenvalue weighted by atomic mass is 16.5. The van der Waals surface area contributed by atoms with E-state index in [1.54, 1.807) is 0 Å². The quantitative estimate of drug-likeness (QED) is 0.349. The van der Waals surface area contributed by atoms with E-state index < -0.39 is 50.1 Å². The van der Waals surface area contributed by atoms with Crippen molar-refractivity contribution in [3.63, 3.8) is 0 Å². The molecule has 0 aliphatic carbocycles. The van der Waals surface area contributed by atoms with Crippen LogP contribution in [0.25, 0.3) is 0 Å². The molecule has 11 heteroatoms. The van der Waals surface area contributed by atoms with Crippen LogP contribution in [-0.2, 0) is 25.8 Å². The Balaban J connectivity index is 2.49. The fourth-order valence-corrected chi connectivity index (χ4v) is 2.96. The normalized spacial score (nSPS) is 10.2. The lowest BCUT2D eigenvalue weighted by Gasteiger charge is -2.29. The summed E-state index contributed by atoms with van der Waals surface area (Å²) in [7, 11) is 0. The van der Waals surface area contributed by atoms with Crippen molar-refractivity contribution < 1.29 is 44.3 Å². The van der Waals surface area contributed by atoms with Crippen LogP contribution in [0.5, 0.6) is 5.75 Å². The summed E-state index contributed by atoms with van der Waals surface area (Å²) in [5, 5.41) is 36.8. The van der Waals surface area contributed by atoms with Gasteiger partial charge in [0, 0.05) is 6.07 Å². The first-order chi connectivity index (χ1) is 15.2. The first kappa shape index (κ1) is 24.0. The number of rotatable bonds is 13. The maximum absolute atomic E-state index is 11.3. The van der Waals surface area contributed by atoms with Crippen molar-refractivity contribution in [1.82, 2.24) is 0 Å². The van der Waals surface area contributed by atoms with Crippen LogP contribution in [0.1, 0.15) is 5.56 Å².